The molecule has 2 bridgehead atoms. The van der Waals surface area contributed by atoms with Crippen molar-refractivity contribution in [3.63, 3.8) is 0 Å². The molecular weight excluding hydrogens is 502 g/mol. The zero-order valence-electron chi connectivity index (χ0n) is 22.9. The van der Waals surface area contributed by atoms with Crippen molar-refractivity contribution in [2.75, 3.05) is 54.2 Å². The minimum Gasteiger partial charge on any atom is -0.480 e. The Morgan fingerprint density at radius 2 is 1.95 bits per heavy atom. The molecule has 39 heavy (non-hydrogen) atoms. The van der Waals surface area contributed by atoms with Crippen LogP contribution < -0.4 is 25.2 Å². The summed E-state index contributed by atoms with van der Waals surface area (Å²) in [5.74, 6) is 2.44. The Hall–Kier alpha value is -3.76. The summed E-state index contributed by atoms with van der Waals surface area (Å²) in [6, 6.07) is 5.80. The number of aromatic nitrogens is 4. The van der Waals surface area contributed by atoms with Crippen molar-refractivity contribution in [2.45, 2.75) is 38.6 Å². The molecule has 9 nitrogen and oxygen atoms in total. The maximum absolute atomic E-state index is 14.9. The molecule has 2 fully saturated rings. The van der Waals surface area contributed by atoms with Gasteiger partial charge in [0, 0.05) is 55.8 Å². The Kier molecular flexibility index (Phi) is 6.19. The summed E-state index contributed by atoms with van der Waals surface area (Å²) in [5.41, 5.74) is 1.89. The second-order valence-electron chi connectivity index (χ2n) is 11.6. The first-order valence-electron chi connectivity index (χ1n) is 13.4. The molecule has 2 aliphatic heterocycles. The summed E-state index contributed by atoms with van der Waals surface area (Å²) in [7, 11) is 3.43. The van der Waals surface area contributed by atoms with Crippen LogP contribution in [0.25, 0.3) is 0 Å². The molecule has 1 saturated carbocycles. The van der Waals surface area contributed by atoms with Crippen molar-refractivity contribution in [1.82, 2.24) is 20.2 Å². The van der Waals surface area contributed by atoms with Crippen LogP contribution in [0.3, 0.4) is 0 Å². The van der Waals surface area contributed by atoms with Crippen LogP contribution in [0, 0.1) is 29.4 Å². The average Bonchev–Trinajstić information content (AvgIpc) is 3.26. The number of nitrogens with one attached hydrogen (secondary N) is 2. The van der Waals surface area contributed by atoms with Crippen molar-refractivity contribution in [3.05, 3.63) is 47.7 Å². The fourth-order valence-electron chi connectivity index (χ4n) is 6.75. The Labute approximate surface area is 227 Å². The van der Waals surface area contributed by atoms with Gasteiger partial charge in [-0.2, -0.15) is 15.1 Å². The van der Waals surface area contributed by atoms with Gasteiger partial charge in [-0.25, -0.2) is 8.78 Å². The van der Waals surface area contributed by atoms with E-state index in [1.54, 1.807) is 13.3 Å². The highest BCUT2D eigenvalue weighted by Crippen LogP contribution is 2.48. The van der Waals surface area contributed by atoms with Crippen LogP contribution in [-0.2, 0) is 5.41 Å². The molecule has 0 spiro atoms. The fraction of sp³-hybridized carbons (Fsp3) is 0.500. The average molecular weight is 537 g/mol. The lowest BCUT2D eigenvalue weighted by atomic mass is 9.88. The van der Waals surface area contributed by atoms with E-state index in [2.05, 4.69) is 46.5 Å². The molecule has 2 aromatic heterocycles. The largest absolute Gasteiger partial charge is 0.480 e. The predicted molar refractivity (Wildman–Crippen MR) is 147 cm³/mol. The first kappa shape index (κ1) is 25.5. The summed E-state index contributed by atoms with van der Waals surface area (Å²) in [5, 5.41) is 15.0. The molecule has 206 valence electrons. The lowest BCUT2D eigenvalue weighted by Crippen LogP contribution is -2.49. The van der Waals surface area contributed by atoms with Gasteiger partial charge < -0.3 is 25.2 Å². The van der Waals surface area contributed by atoms with Crippen molar-refractivity contribution < 1.29 is 13.5 Å². The highest BCUT2D eigenvalue weighted by atomic mass is 19.1. The van der Waals surface area contributed by atoms with Crippen LogP contribution in [-0.4, -0.2) is 60.0 Å². The molecule has 6 rings (SSSR count). The second-order valence-corrected chi connectivity index (χ2v) is 11.6. The Morgan fingerprint density at radius 3 is 2.67 bits per heavy atom. The number of rotatable bonds is 6. The van der Waals surface area contributed by atoms with Gasteiger partial charge in [0.2, 0.25) is 11.8 Å². The van der Waals surface area contributed by atoms with E-state index in [4.69, 9.17) is 14.7 Å². The number of halogens is 2. The van der Waals surface area contributed by atoms with Crippen molar-refractivity contribution >= 4 is 29.0 Å². The van der Waals surface area contributed by atoms with Crippen LogP contribution in [0.4, 0.5) is 37.7 Å². The normalized spacial score (nSPS) is 25.0. The third-order valence-electron chi connectivity index (χ3n) is 8.56. The quantitative estimate of drug-likeness (QED) is 0.469. The predicted octanol–water partition coefficient (Wildman–Crippen LogP) is 4.60. The first-order chi connectivity index (χ1) is 18.7. The summed E-state index contributed by atoms with van der Waals surface area (Å²) in [6.45, 7) is 8.72. The van der Waals surface area contributed by atoms with E-state index < -0.39 is 11.6 Å². The Morgan fingerprint density at radius 1 is 1.13 bits per heavy atom. The molecule has 3 aliphatic rings. The smallest absolute Gasteiger partial charge is 0.235 e. The van der Waals surface area contributed by atoms with Gasteiger partial charge in [-0.05, 0) is 36.3 Å². The minimum absolute atomic E-state index is 0.195. The van der Waals surface area contributed by atoms with Gasteiger partial charge >= 0.3 is 0 Å². The summed E-state index contributed by atoms with van der Waals surface area (Å²) >= 11 is 0. The Bertz CT molecular complexity index is 1400. The zero-order chi connectivity index (χ0) is 27.5. The minimum atomic E-state index is -0.612. The van der Waals surface area contributed by atoms with Gasteiger partial charge in [-0.3, -0.25) is 0 Å². The molecule has 3 aromatic rings. The number of methoxy groups -OCH3 is 1. The van der Waals surface area contributed by atoms with Crippen LogP contribution in [0.5, 0.6) is 5.88 Å². The standard InChI is InChI=1S/C28H34F2N8O/c1-15-8-16-12-37(18-10-22(39-5)36-32-11-18)13-19(15)24(16)33-27-34-25(31-4)23-26(35-27)38(14-28(23,2)3)21-7-6-17(29)9-20(21)30/h6-7,9-11,15-16,19,24H,8,12-14H2,1-5H3,(H2,31,33,34,35). The SMILES string of the molecule is CNc1nc(NC2C3CC(C)C2CN(c2cnnc(OC)c2)C3)nc2c1C(C)(C)CN2c1ccc(F)cc1F. The molecule has 4 unspecified atom stereocenters. The molecule has 2 N–H and O–H groups in total. The molecule has 4 heterocycles. The van der Waals surface area contributed by atoms with E-state index in [1.807, 2.05) is 18.0 Å². The van der Waals surface area contributed by atoms with Crippen LogP contribution in [0.2, 0.25) is 0 Å². The summed E-state index contributed by atoms with van der Waals surface area (Å²) < 4.78 is 33.9. The van der Waals surface area contributed by atoms with Crippen molar-refractivity contribution in [2.24, 2.45) is 17.8 Å². The maximum Gasteiger partial charge on any atom is 0.235 e. The van der Waals surface area contributed by atoms with Crippen LogP contribution in [0.15, 0.2) is 30.5 Å². The van der Waals surface area contributed by atoms with Crippen LogP contribution >= 0.6 is 0 Å². The molecule has 11 heteroatoms. The number of piperidine rings is 1. The lowest BCUT2D eigenvalue weighted by molar-refractivity contribution is 0.350. The molecule has 4 atom stereocenters. The van der Waals surface area contributed by atoms with Gasteiger partial charge in [-0.1, -0.05) is 20.8 Å². The van der Waals surface area contributed by atoms with Crippen LogP contribution in [0.1, 0.15) is 32.8 Å². The highest BCUT2D eigenvalue weighted by molar-refractivity contribution is 5.76. The van der Waals surface area contributed by atoms with E-state index in [9.17, 15) is 8.78 Å². The number of fused-ring (bicyclic) bond motifs is 3. The van der Waals surface area contributed by atoms with Gasteiger partial charge in [0.25, 0.3) is 0 Å². The van der Waals surface area contributed by atoms with Gasteiger partial charge in [0.05, 0.1) is 24.7 Å². The number of hydrogen-bond donors (Lipinski definition) is 2. The summed E-state index contributed by atoms with van der Waals surface area (Å²) in [6.07, 6.45) is 2.88. The second kappa shape index (κ2) is 9.46. The topological polar surface area (TPSA) is 91.3 Å². The third-order valence-corrected chi connectivity index (χ3v) is 8.56. The number of hydrogen-bond acceptors (Lipinski definition) is 9. The molecule has 0 amide bonds. The maximum atomic E-state index is 14.9. The van der Waals surface area contributed by atoms with E-state index in [0.29, 0.717) is 53.4 Å². The van der Waals surface area contributed by atoms with Gasteiger partial charge in [0.1, 0.15) is 23.3 Å². The van der Waals surface area contributed by atoms with E-state index >= 15 is 0 Å². The summed E-state index contributed by atoms with van der Waals surface area (Å²) in [4.78, 5) is 14.0. The third kappa shape index (κ3) is 4.37. The molecule has 1 saturated heterocycles. The molecule has 1 aromatic carbocycles. The van der Waals surface area contributed by atoms with E-state index in [-0.39, 0.29) is 11.5 Å². The fourth-order valence-corrected chi connectivity index (χ4v) is 6.75. The highest BCUT2D eigenvalue weighted by Gasteiger charge is 2.47. The van der Waals surface area contributed by atoms with E-state index in [1.165, 1.54) is 12.1 Å². The molecule has 1 aliphatic carbocycles. The zero-order valence-corrected chi connectivity index (χ0v) is 22.9. The van der Waals surface area contributed by atoms with Gasteiger partial charge in [-0.15, -0.1) is 5.10 Å². The van der Waals surface area contributed by atoms with Gasteiger partial charge in [0.15, 0.2) is 0 Å². The van der Waals surface area contributed by atoms with E-state index in [0.717, 1.165) is 36.8 Å². The molecule has 0 radical (unpaired) electrons. The monoisotopic (exact) mass is 536 g/mol. The van der Waals surface area contributed by atoms with Crippen molar-refractivity contribution in [3.8, 4) is 5.88 Å². The van der Waals surface area contributed by atoms with Crippen molar-refractivity contribution in [1.29, 1.82) is 0 Å². The first-order valence-corrected chi connectivity index (χ1v) is 13.4. The number of ether oxygens (including phenoxy) is 1. The Balaban J connectivity index is 1.32. The lowest BCUT2D eigenvalue weighted by Gasteiger charge is -2.40. The molecular formula is C28H34F2N8O. The number of nitrogens with zero attached hydrogens (tertiary/aromatic N) is 6. The number of benzene rings is 1. The number of anilines is 5.